The molecular formula is C29H32N2O2. The van der Waals surface area contributed by atoms with Gasteiger partial charge in [-0.25, -0.2) is 0 Å². The lowest BCUT2D eigenvalue weighted by Gasteiger charge is -2.27. The van der Waals surface area contributed by atoms with Gasteiger partial charge in [0.25, 0.3) is 5.91 Å². The number of piperidine rings is 1. The predicted octanol–water partition coefficient (Wildman–Crippen LogP) is 6.36. The van der Waals surface area contributed by atoms with Crippen LogP contribution in [0.2, 0.25) is 0 Å². The maximum atomic E-state index is 13.1. The number of nitrogens with zero attached hydrogens (tertiary/aromatic N) is 1. The number of rotatable bonds is 8. The van der Waals surface area contributed by atoms with Crippen LogP contribution in [0.1, 0.15) is 64.4 Å². The van der Waals surface area contributed by atoms with Crippen molar-refractivity contribution in [3.63, 3.8) is 0 Å². The summed E-state index contributed by atoms with van der Waals surface area (Å²) in [6, 6.07) is 21.9. The zero-order chi connectivity index (χ0) is 23.0. The standard InChI is InChI=1S/C29H32N2O2/c1-2-9-22-12-14-27(19-26(22)21-32)30-29(33)24-13-15-28(23-10-5-3-6-11-23)25(18-24)20-31-16-7-4-8-17-31/h3,5-6,10-15,18-19,21H,2,4,7-9,16-17,20H2,1H3,(H,30,33). The Morgan fingerprint density at radius 1 is 0.939 bits per heavy atom. The molecule has 0 unspecified atom stereocenters. The van der Waals surface area contributed by atoms with Crippen molar-refractivity contribution in [1.29, 1.82) is 0 Å². The van der Waals surface area contributed by atoms with Crippen LogP contribution in [0, 0.1) is 0 Å². The average Bonchev–Trinajstić information content (AvgIpc) is 2.86. The van der Waals surface area contributed by atoms with Crippen LogP contribution in [0.25, 0.3) is 11.1 Å². The van der Waals surface area contributed by atoms with E-state index in [4.69, 9.17) is 0 Å². The minimum atomic E-state index is -0.158. The lowest BCUT2D eigenvalue weighted by Crippen LogP contribution is -2.29. The number of nitrogens with one attached hydrogen (secondary N) is 1. The van der Waals surface area contributed by atoms with Crippen molar-refractivity contribution in [3.8, 4) is 11.1 Å². The smallest absolute Gasteiger partial charge is 0.255 e. The molecule has 1 heterocycles. The summed E-state index contributed by atoms with van der Waals surface area (Å²) in [7, 11) is 0. The zero-order valence-electron chi connectivity index (χ0n) is 19.3. The van der Waals surface area contributed by atoms with E-state index >= 15 is 0 Å². The first-order valence-electron chi connectivity index (χ1n) is 12.0. The minimum absolute atomic E-state index is 0.158. The molecule has 33 heavy (non-hydrogen) atoms. The summed E-state index contributed by atoms with van der Waals surface area (Å²) in [5.41, 5.74) is 6.44. The van der Waals surface area contributed by atoms with Crippen molar-refractivity contribution in [1.82, 2.24) is 4.90 Å². The van der Waals surface area contributed by atoms with Gasteiger partial charge in [0.15, 0.2) is 0 Å². The second-order valence-corrected chi connectivity index (χ2v) is 8.81. The van der Waals surface area contributed by atoms with E-state index in [9.17, 15) is 9.59 Å². The van der Waals surface area contributed by atoms with Gasteiger partial charge >= 0.3 is 0 Å². The Morgan fingerprint density at radius 2 is 1.73 bits per heavy atom. The van der Waals surface area contributed by atoms with Gasteiger partial charge in [-0.05, 0) is 78.9 Å². The van der Waals surface area contributed by atoms with Gasteiger partial charge in [0, 0.05) is 23.4 Å². The third-order valence-electron chi connectivity index (χ3n) is 6.34. The summed E-state index contributed by atoms with van der Waals surface area (Å²) < 4.78 is 0. The molecule has 0 radical (unpaired) electrons. The normalized spacial score (nSPS) is 14.1. The number of amides is 1. The number of aldehydes is 1. The molecule has 4 nitrogen and oxygen atoms in total. The van der Waals surface area contributed by atoms with Crippen molar-refractivity contribution in [3.05, 3.63) is 89.0 Å². The van der Waals surface area contributed by atoms with Crippen LogP contribution in [-0.4, -0.2) is 30.2 Å². The van der Waals surface area contributed by atoms with Gasteiger partial charge in [0.2, 0.25) is 0 Å². The molecule has 1 N–H and O–H groups in total. The second kappa shape index (κ2) is 11.1. The molecule has 1 saturated heterocycles. The summed E-state index contributed by atoms with van der Waals surface area (Å²) in [5, 5.41) is 2.98. The first-order chi connectivity index (χ1) is 16.2. The summed E-state index contributed by atoms with van der Waals surface area (Å²) in [4.78, 5) is 27.1. The van der Waals surface area contributed by atoms with Crippen LogP contribution in [0.5, 0.6) is 0 Å². The third kappa shape index (κ3) is 5.77. The van der Waals surface area contributed by atoms with Gasteiger partial charge in [-0.15, -0.1) is 0 Å². The summed E-state index contributed by atoms with van der Waals surface area (Å²) in [6.07, 6.45) is 6.45. The van der Waals surface area contributed by atoms with E-state index in [-0.39, 0.29) is 5.91 Å². The molecule has 0 bridgehead atoms. The van der Waals surface area contributed by atoms with Gasteiger partial charge in [0.05, 0.1) is 0 Å². The van der Waals surface area contributed by atoms with Crippen molar-refractivity contribution >= 4 is 17.9 Å². The monoisotopic (exact) mass is 440 g/mol. The fourth-order valence-electron chi connectivity index (χ4n) is 4.61. The van der Waals surface area contributed by atoms with Gasteiger partial charge in [0.1, 0.15) is 6.29 Å². The van der Waals surface area contributed by atoms with Crippen LogP contribution in [0.15, 0.2) is 66.7 Å². The molecule has 1 amide bonds. The average molecular weight is 441 g/mol. The SMILES string of the molecule is CCCc1ccc(NC(=O)c2ccc(-c3ccccc3)c(CN3CCCCC3)c2)cc1C=O. The Bertz CT molecular complexity index is 1100. The minimum Gasteiger partial charge on any atom is -0.322 e. The van der Waals surface area contributed by atoms with Crippen molar-refractivity contribution in [2.24, 2.45) is 0 Å². The number of carbonyl (C=O) groups is 2. The summed E-state index contributed by atoms with van der Waals surface area (Å²) in [6.45, 7) is 5.13. The molecule has 0 atom stereocenters. The summed E-state index contributed by atoms with van der Waals surface area (Å²) >= 11 is 0. The van der Waals surface area contributed by atoms with Crippen LogP contribution >= 0.6 is 0 Å². The molecule has 0 aromatic heterocycles. The molecule has 1 aliphatic heterocycles. The van der Waals surface area contributed by atoms with E-state index < -0.39 is 0 Å². The quantitative estimate of drug-likeness (QED) is 0.415. The highest BCUT2D eigenvalue weighted by atomic mass is 16.1. The highest BCUT2D eigenvalue weighted by molar-refractivity contribution is 6.05. The molecule has 3 aromatic carbocycles. The topological polar surface area (TPSA) is 49.4 Å². The van der Waals surface area contributed by atoms with Crippen molar-refractivity contribution in [2.45, 2.75) is 45.6 Å². The third-order valence-corrected chi connectivity index (χ3v) is 6.34. The molecule has 4 rings (SSSR count). The highest BCUT2D eigenvalue weighted by Gasteiger charge is 2.16. The largest absolute Gasteiger partial charge is 0.322 e. The van der Waals surface area contributed by atoms with E-state index in [1.54, 1.807) is 6.07 Å². The first kappa shape index (κ1) is 22.9. The van der Waals surface area contributed by atoms with E-state index in [0.29, 0.717) is 16.8 Å². The van der Waals surface area contributed by atoms with Crippen LogP contribution in [0.4, 0.5) is 5.69 Å². The number of hydrogen-bond donors (Lipinski definition) is 1. The molecule has 0 aliphatic carbocycles. The Balaban J connectivity index is 1.60. The molecule has 3 aromatic rings. The number of hydrogen-bond acceptors (Lipinski definition) is 3. The first-order valence-corrected chi connectivity index (χ1v) is 12.0. The van der Waals surface area contributed by atoms with Gasteiger partial charge in [-0.2, -0.15) is 0 Å². The van der Waals surface area contributed by atoms with E-state index in [2.05, 4.69) is 35.3 Å². The molecular weight excluding hydrogens is 408 g/mol. The van der Waals surface area contributed by atoms with Crippen molar-refractivity contribution in [2.75, 3.05) is 18.4 Å². The number of anilines is 1. The van der Waals surface area contributed by atoms with Crippen LogP contribution in [-0.2, 0) is 13.0 Å². The fraction of sp³-hybridized carbons (Fsp3) is 0.310. The number of carbonyl (C=O) groups excluding carboxylic acids is 2. The van der Waals surface area contributed by atoms with E-state index in [0.717, 1.165) is 44.3 Å². The van der Waals surface area contributed by atoms with Gasteiger partial charge < -0.3 is 5.32 Å². The fourth-order valence-corrected chi connectivity index (χ4v) is 4.61. The number of benzene rings is 3. The zero-order valence-corrected chi connectivity index (χ0v) is 19.3. The van der Waals surface area contributed by atoms with Crippen molar-refractivity contribution < 1.29 is 9.59 Å². The van der Waals surface area contributed by atoms with E-state index in [1.165, 1.54) is 36.0 Å². The Morgan fingerprint density at radius 3 is 2.45 bits per heavy atom. The Hall–Kier alpha value is -3.24. The van der Waals surface area contributed by atoms with Gasteiger partial charge in [-0.1, -0.05) is 62.2 Å². The van der Waals surface area contributed by atoms with Crippen LogP contribution in [0.3, 0.4) is 0 Å². The molecule has 4 heteroatoms. The Kier molecular flexibility index (Phi) is 7.69. The molecule has 1 aliphatic rings. The van der Waals surface area contributed by atoms with Gasteiger partial charge in [-0.3, -0.25) is 14.5 Å². The molecule has 0 spiro atoms. The number of likely N-dealkylation sites (tertiary alicyclic amines) is 1. The highest BCUT2D eigenvalue weighted by Crippen LogP contribution is 2.27. The van der Waals surface area contributed by atoms with E-state index in [1.807, 2.05) is 42.5 Å². The molecule has 1 fully saturated rings. The second-order valence-electron chi connectivity index (χ2n) is 8.81. The molecule has 170 valence electrons. The summed E-state index contributed by atoms with van der Waals surface area (Å²) in [5.74, 6) is -0.158. The predicted molar refractivity (Wildman–Crippen MR) is 135 cm³/mol. The maximum absolute atomic E-state index is 13.1. The van der Waals surface area contributed by atoms with Crippen LogP contribution < -0.4 is 5.32 Å². The maximum Gasteiger partial charge on any atom is 0.255 e. The Labute approximate surface area is 196 Å². The lowest BCUT2D eigenvalue weighted by atomic mass is 9.96. The molecule has 0 saturated carbocycles. The lowest BCUT2D eigenvalue weighted by molar-refractivity contribution is 0.102. The number of aryl methyl sites for hydroxylation is 1.